The van der Waals surface area contributed by atoms with Crippen molar-refractivity contribution in [3.8, 4) is 0 Å². The van der Waals surface area contributed by atoms with Gasteiger partial charge in [0.1, 0.15) is 0 Å². The molecule has 2 rings (SSSR count). The maximum Gasteiger partial charge on any atom is 0.0953 e. The third kappa shape index (κ3) is 4.44. The molecule has 0 aromatic heterocycles. The molecule has 0 saturated carbocycles. The Labute approximate surface area is 129 Å². The molecule has 0 fully saturated rings. The fourth-order valence-corrected chi connectivity index (χ4v) is 2.42. The molecular weight excluding hydrogens is 314 g/mol. The van der Waals surface area contributed by atoms with Gasteiger partial charge in [-0.25, -0.2) is 0 Å². The van der Waals surface area contributed by atoms with E-state index in [-0.39, 0.29) is 6.10 Å². The fraction of sp³-hybridized carbons (Fsp3) is 0.294. The highest BCUT2D eigenvalue weighted by Crippen LogP contribution is 2.22. The zero-order valence-corrected chi connectivity index (χ0v) is 13.3. The molecule has 0 amide bonds. The zero-order chi connectivity index (χ0) is 14.2. The summed E-state index contributed by atoms with van der Waals surface area (Å²) >= 11 is 3.56. The molecule has 3 heteroatoms. The van der Waals surface area contributed by atoms with E-state index in [1.54, 1.807) is 0 Å². The van der Waals surface area contributed by atoms with Crippen LogP contribution in [-0.2, 0) is 11.3 Å². The lowest BCUT2D eigenvalue weighted by Crippen LogP contribution is -2.23. The summed E-state index contributed by atoms with van der Waals surface area (Å²) in [5, 5.41) is 3.36. The largest absolute Gasteiger partial charge is 0.367 e. The summed E-state index contributed by atoms with van der Waals surface area (Å²) in [5.41, 5.74) is 2.38. The van der Waals surface area contributed by atoms with Gasteiger partial charge in [-0.05, 0) is 23.7 Å². The highest BCUT2D eigenvalue weighted by molar-refractivity contribution is 9.10. The van der Waals surface area contributed by atoms with Crippen molar-refractivity contribution < 1.29 is 4.74 Å². The number of halogens is 1. The zero-order valence-electron chi connectivity index (χ0n) is 11.7. The van der Waals surface area contributed by atoms with Crippen LogP contribution < -0.4 is 5.32 Å². The van der Waals surface area contributed by atoms with E-state index < -0.39 is 0 Å². The molecule has 0 heterocycles. The molecule has 106 valence electrons. The molecule has 1 unspecified atom stereocenters. The highest BCUT2D eigenvalue weighted by atomic mass is 79.9. The summed E-state index contributed by atoms with van der Waals surface area (Å²) in [6.45, 7) is 4.48. The van der Waals surface area contributed by atoms with Crippen molar-refractivity contribution >= 4 is 15.9 Å². The van der Waals surface area contributed by atoms with Gasteiger partial charge in [-0.1, -0.05) is 71.4 Å². The number of ether oxygens (including phenoxy) is 1. The van der Waals surface area contributed by atoms with Crippen molar-refractivity contribution in [3.63, 3.8) is 0 Å². The molecule has 0 aliphatic rings. The van der Waals surface area contributed by atoms with Gasteiger partial charge < -0.3 is 10.1 Å². The van der Waals surface area contributed by atoms with Gasteiger partial charge in [0.25, 0.3) is 0 Å². The van der Waals surface area contributed by atoms with Crippen molar-refractivity contribution in [2.75, 3.05) is 13.1 Å². The van der Waals surface area contributed by atoms with E-state index in [9.17, 15) is 0 Å². The number of benzene rings is 2. The van der Waals surface area contributed by atoms with Crippen LogP contribution in [0.1, 0.15) is 24.2 Å². The number of rotatable bonds is 7. The normalized spacial score (nSPS) is 12.3. The lowest BCUT2D eigenvalue weighted by atomic mass is 10.1. The molecule has 1 N–H and O–H groups in total. The monoisotopic (exact) mass is 333 g/mol. The Morgan fingerprint density at radius 1 is 1.05 bits per heavy atom. The van der Waals surface area contributed by atoms with E-state index >= 15 is 0 Å². The molecular formula is C17H20BrNO. The van der Waals surface area contributed by atoms with Gasteiger partial charge in [-0.15, -0.1) is 0 Å². The number of likely N-dealkylation sites (N-methyl/N-ethyl adjacent to an activating group) is 1. The second-order valence-corrected chi connectivity index (χ2v) is 5.46. The van der Waals surface area contributed by atoms with Gasteiger partial charge in [-0.2, -0.15) is 0 Å². The van der Waals surface area contributed by atoms with Gasteiger partial charge in [-0.3, -0.25) is 0 Å². The van der Waals surface area contributed by atoms with E-state index in [0.29, 0.717) is 6.61 Å². The summed E-state index contributed by atoms with van der Waals surface area (Å²) in [6, 6.07) is 18.5. The smallest absolute Gasteiger partial charge is 0.0953 e. The Hall–Kier alpha value is -1.16. The van der Waals surface area contributed by atoms with Crippen LogP contribution in [0.3, 0.4) is 0 Å². The van der Waals surface area contributed by atoms with Crippen LogP contribution in [0.25, 0.3) is 0 Å². The second kappa shape index (κ2) is 8.20. The lowest BCUT2D eigenvalue weighted by Gasteiger charge is -2.19. The lowest BCUT2D eigenvalue weighted by molar-refractivity contribution is 0.0398. The van der Waals surface area contributed by atoms with Gasteiger partial charge in [0.15, 0.2) is 0 Å². The van der Waals surface area contributed by atoms with Crippen LogP contribution in [0.2, 0.25) is 0 Å². The number of hydrogen-bond donors (Lipinski definition) is 1. The maximum absolute atomic E-state index is 6.10. The van der Waals surface area contributed by atoms with Crippen LogP contribution >= 0.6 is 15.9 Å². The third-order valence-corrected chi connectivity index (χ3v) is 3.92. The minimum absolute atomic E-state index is 0.0725. The van der Waals surface area contributed by atoms with Crippen LogP contribution in [0.15, 0.2) is 59.1 Å². The second-order valence-electron chi connectivity index (χ2n) is 4.61. The molecule has 2 aromatic carbocycles. The molecule has 20 heavy (non-hydrogen) atoms. The van der Waals surface area contributed by atoms with Crippen molar-refractivity contribution in [3.05, 3.63) is 70.2 Å². The summed E-state index contributed by atoms with van der Waals surface area (Å²) in [4.78, 5) is 0. The van der Waals surface area contributed by atoms with Crippen molar-refractivity contribution in [1.29, 1.82) is 0 Å². The first-order valence-electron chi connectivity index (χ1n) is 6.92. The summed E-state index contributed by atoms with van der Waals surface area (Å²) < 4.78 is 7.20. The van der Waals surface area contributed by atoms with Crippen LogP contribution in [0.4, 0.5) is 0 Å². The minimum atomic E-state index is 0.0725. The molecule has 0 saturated heterocycles. The average Bonchev–Trinajstić information content (AvgIpc) is 2.50. The Kier molecular flexibility index (Phi) is 6.25. The Morgan fingerprint density at radius 2 is 1.75 bits per heavy atom. The fourth-order valence-electron chi connectivity index (χ4n) is 2.02. The number of nitrogens with one attached hydrogen (secondary N) is 1. The molecule has 0 spiro atoms. The first-order chi connectivity index (χ1) is 9.81. The van der Waals surface area contributed by atoms with Gasteiger partial charge in [0.2, 0.25) is 0 Å². The topological polar surface area (TPSA) is 21.3 Å². The summed E-state index contributed by atoms with van der Waals surface area (Å²) in [5.74, 6) is 0. The predicted molar refractivity (Wildman–Crippen MR) is 86.7 cm³/mol. The van der Waals surface area contributed by atoms with E-state index in [1.807, 2.05) is 24.3 Å². The third-order valence-electron chi connectivity index (χ3n) is 3.15. The van der Waals surface area contributed by atoms with Crippen LogP contribution in [0, 0.1) is 0 Å². The van der Waals surface area contributed by atoms with E-state index in [1.165, 1.54) is 11.1 Å². The Morgan fingerprint density at radius 3 is 2.45 bits per heavy atom. The first-order valence-corrected chi connectivity index (χ1v) is 7.71. The SMILES string of the molecule is CCNCC(OCc1ccccc1Br)c1ccccc1. The van der Waals surface area contributed by atoms with Gasteiger partial charge in [0.05, 0.1) is 12.7 Å². The average molecular weight is 334 g/mol. The van der Waals surface area contributed by atoms with E-state index in [0.717, 1.165) is 17.6 Å². The van der Waals surface area contributed by atoms with Gasteiger partial charge >= 0.3 is 0 Å². The molecule has 0 bridgehead atoms. The van der Waals surface area contributed by atoms with Gasteiger partial charge in [0, 0.05) is 11.0 Å². The Balaban J connectivity index is 2.03. The summed E-state index contributed by atoms with van der Waals surface area (Å²) in [7, 11) is 0. The van der Waals surface area contributed by atoms with E-state index in [4.69, 9.17) is 4.74 Å². The molecule has 2 nitrogen and oxygen atoms in total. The quantitative estimate of drug-likeness (QED) is 0.814. The standard InChI is InChI=1S/C17H20BrNO/c1-2-19-12-17(14-8-4-3-5-9-14)20-13-15-10-6-7-11-16(15)18/h3-11,17,19H,2,12-13H2,1H3. The van der Waals surface area contributed by atoms with Crippen molar-refractivity contribution in [1.82, 2.24) is 5.32 Å². The predicted octanol–water partition coefficient (Wildman–Crippen LogP) is 4.32. The molecule has 0 radical (unpaired) electrons. The summed E-state index contributed by atoms with van der Waals surface area (Å²) in [6.07, 6.45) is 0.0725. The Bertz CT molecular complexity index is 515. The molecule has 2 aromatic rings. The maximum atomic E-state index is 6.10. The van der Waals surface area contributed by atoms with Crippen LogP contribution in [0.5, 0.6) is 0 Å². The number of hydrogen-bond acceptors (Lipinski definition) is 2. The van der Waals surface area contributed by atoms with Crippen LogP contribution in [-0.4, -0.2) is 13.1 Å². The molecule has 1 atom stereocenters. The highest BCUT2D eigenvalue weighted by Gasteiger charge is 2.12. The molecule has 0 aliphatic heterocycles. The minimum Gasteiger partial charge on any atom is -0.367 e. The van der Waals surface area contributed by atoms with Crippen molar-refractivity contribution in [2.24, 2.45) is 0 Å². The van der Waals surface area contributed by atoms with E-state index in [2.05, 4.69) is 58.5 Å². The molecule has 0 aliphatic carbocycles. The first kappa shape index (κ1) is 15.2. The van der Waals surface area contributed by atoms with Crippen molar-refractivity contribution in [2.45, 2.75) is 19.6 Å².